The van der Waals surface area contributed by atoms with E-state index in [1.807, 2.05) is 24.3 Å². The van der Waals surface area contributed by atoms with Gasteiger partial charge in [0.1, 0.15) is 17.3 Å². The molecule has 0 saturated heterocycles. The maximum atomic E-state index is 5.79. The minimum absolute atomic E-state index is 0.376. The number of anilines is 1. The van der Waals surface area contributed by atoms with Gasteiger partial charge in [0, 0.05) is 5.56 Å². The molecule has 0 atom stereocenters. The molecule has 0 bridgehead atoms. The van der Waals surface area contributed by atoms with E-state index in [4.69, 9.17) is 10.5 Å². The Morgan fingerprint density at radius 1 is 1.25 bits per heavy atom. The molecule has 0 spiro atoms. The first-order chi connectivity index (χ1) is 7.70. The molecule has 1 heterocycles. The van der Waals surface area contributed by atoms with E-state index in [-0.39, 0.29) is 0 Å². The zero-order chi connectivity index (χ0) is 11.5. The molecule has 0 aliphatic carbocycles. The van der Waals surface area contributed by atoms with Crippen LogP contribution < -0.4 is 10.5 Å². The highest BCUT2D eigenvalue weighted by molar-refractivity contribution is 5.70. The third-order valence-corrected chi connectivity index (χ3v) is 2.16. The lowest BCUT2D eigenvalue weighted by Gasteiger charge is -2.05. The Kier molecular flexibility index (Phi) is 2.68. The minimum atomic E-state index is 0.376. The fourth-order valence-corrected chi connectivity index (χ4v) is 1.40. The number of nitrogen functional groups attached to an aromatic ring is 1. The number of aromatic nitrogens is 3. The number of aryl methyl sites for hydroxylation is 1. The Hall–Kier alpha value is -2.17. The van der Waals surface area contributed by atoms with Gasteiger partial charge in [-0.15, -0.1) is 10.2 Å². The Labute approximate surface area is 93.3 Å². The van der Waals surface area contributed by atoms with E-state index < -0.39 is 0 Å². The lowest BCUT2D eigenvalue weighted by Crippen LogP contribution is -2.02. The zero-order valence-electron chi connectivity index (χ0n) is 9.14. The van der Waals surface area contributed by atoms with Gasteiger partial charge in [0.15, 0.2) is 5.82 Å². The standard InChI is InChI=1S/C11H12N4O/c1-7-13-11(12)10(15-14-7)8-4-3-5-9(6-8)16-2/h3-6H,1-2H3,(H2,12,13,14). The fourth-order valence-electron chi connectivity index (χ4n) is 1.40. The van der Waals surface area contributed by atoms with Crippen molar-refractivity contribution in [1.82, 2.24) is 15.2 Å². The van der Waals surface area contributed by atoms with Crippen molar-refractivity contribution in [3.05, 3.63) is 30.1 Å². The maximum Gasteiger partial charge on any atom is 0.154 e. The van der Waals surface area contributed by atoms with Crippen molar-refractivity contribution in [2.24, 2.45) is 0 Å². The number of nitrogens with zero attached hydrogens (tertiary/aromatic N) is 3. The molecule has 0 fully saturated rings. The quantitative estimate of drug-likeness (QED) is 0.822. The van der Waals surface area contributed by atoms with Crippen LogP contribution in [0.2, 0.25) is 0 Å². The molecule has 5 nitrogen and oxygen atoms in total. The molecule has 0 aliphatic rings. The molecule has 2 aromatic rings. The number of hydrogen-bond donors (Lipinski definition) is 1. The SMILES string of the molecule is COc1cccc(-c2nnc(C)nc2N)c1. The predicted octanol–water partition coefficient (Wildman–Crippen LogP) is 1.44. The molecule has 1 aromatic carbocycles. The van der Waals surface area contributed by atoms with Crippen LogP contribution in [0.1, 0.15) is 5.82 Å². The van der Waals surface area contributed by atoms with Crippen molar-refractivity contribution in [2.75, 3.05) is 12.8 Å². The van der Waals surface area contributed by atoms with Crippen LogP contribution in [0.5, 0.6) is 5.75 Å². The van der Waals surface area contributed by atoms with Gasteiger partial charge in [-0.25, -0.2) is 4.98 Å². The Morgan fingerprint density at radius 3 is 2.75 bits per heavy atom. The number of nitrogens with two attached hydrogens (primary N) is 1. The maximum absolute atomic E-state index is 5.79. The van der Waals surface area contributed by atoms with Gasteiger partial charge >= 0.3 is 0 Å². The predicted molar refractivity (Wildman–Crippen MR) is 61.0 cm³/mol. The highest BCUT2D eigenvalue weighted by atomic mass is 16.5. The zero-order valence-corrected chi connectivity index (χ0v) is 9.14. The lowest BCUT2D eigenvalue weighted by molar-refractivity contribution is 0.415. The molecule has 5 heteroatoms. The number of rotatable bonds is 2. The van der Waals surface area contributed by atoms with Crippen molar-refractivity contribution in [2.45, 2.75) is 6.92 Å². The fraction of sp³-hybridized carbons (Fsp3) is 0.182. The van der Waals surface area contributed by atoms with Gasteiger partial charge in [-0.05, 0) is 19.1 Å². The molecule has 2 N–H and O–H groups in total. The molecule has 2 rings (SSSR count). The summed E-state index contributed by atoms with van der Waals surface area (Å²) >= 11 is 0. The summed E-state index contributed by atoms with van der Waals surface area (Å²) in [6, 6.07) is 7.46. The van der Waals surface area contributed by atoms with E-state index in [0.29, 0.717) is 17.3 Å². The van der Waals surface area contributed by atoms with Crippen molar-refractivity contribution in [3.63, 3.8) is 0 Å². The molecule has 1 aromatic heterocycles. The third kappa shape index (κ3) is 1.93. The summed E-state index contributed by atoms with van der Waals surface area (Å²) < 4.78 is 5.13. The van der Waals surface area contributed by atoms with Crippen LogP contribution in [0.25, 0.3) is 11.3 Å². The Balaban J connectivity index is 2.49. The van der Waals surface area contributed by atoms with Crippen LogP contribution in [-0.2, 0) is 0 Å². The van der Waals surface area contributed by atoms with E-state index in [1.165, 1.54) is 0 Å². The number of methoxy groups -OCH3 is 1. The van der Waals surface area contributed by atoms with Gasteiger partial charge in [0.05, 0.1) is 7.11 Å². The summed E-state index contributed by atoms with van der Waals surface area (Å²) in [5.74, 6) is 1.68. The largest absolute Gasteiger partial charge is 0.497 e. The van der Waals surface area contributed by atoms with Gasteiger partial charge in [-0.1, -0.05) is 12.1 Å². The summed E-state index contributed by atoms with van der Waals surface area (Å²) in [5.41, 5.74) is 7.21. The first kappa shape index (κ1) is 10.4. The molecule has 82 valence electrons. The van der Waals surface area contributed by atoms with E-state index in [2.05, 4.69) is 15.2 Å². The summed E-state index contributed by atoms with van der Waals surface area (Å²) in [4.78, 5) is 4.07. The monoisotopic (exact) mass is 216 g/mol. The summed E-state index contributed by atoms with van der Waals surface area (Å²) in [6.45, 7) is 1.75. The summed E-state index contributed by atoms with van der Waals surface area (Å²) in [5, 5.41) is 7.92. The van der Waals surface area contributed by atoms with Crippen LogP contribution in [0.15, 0.2) is 24.3 Å². The molecule has 0 unspecified atom stereocenters. The second-order valence-electron chi connectivity index (χ2n) is 3.32. The molecule has 0 aliphatic heterocycles. The average molecular weight is 216 g/mol. The van der Waals surface area contributed by atoms with Gasteiger partial charge in [-0.3, -0.25) is 0 Å². The summed E-state index contributed by atoms with van der Waals surface area (Å²) in [6.07, 6.45) is 0. The third-order valence-electron chi connectivity index (χ3n) is 2.16. The van der Waals surface area contributed by atoms with E-state index in [1.54, 1.807) is 14.0 Å². The molecular weight excluding hydrogens is 204 g/mol. The van der Waals surface area contributed by atoms with Crippen molar-refractivity contribution in [1.29, 1.82) is 0 Å². The van der Waals surface area contributed by atoms with Crippen LogP contribution in [0, 0.1) is 6.92 Å². The van der Waals surface area contributed by atoms with Crippen LogP contribution in [0.3, 0.4) is 0 Å². The van der Waals surface area contributed by atoms with Gasteiger partial charge in [-0.2, -0.15) is 0 Å². The average Bonchev–Trinajstić information content (AvgIpc) is 2.29. The van der Waals surface area contributed by atoms with Crippen molar-refractivity contribution in [3.8, 4) is 17.0 Å². The second-order valence-corrected chi connectivity index (χ2v) is 3.32. The van der Waals surface area contributed by atoms with E-state index in [9.17, 15) is 0 Å². The normalized spacial score (nSPS) is 10.1. The second kappa shape index (κ2) is 4.14. The number of benzene rings is 1. The molecule has 16 heavy (non-hydrogen) atoms. The summed E-state index contributed by atoms with van der Waals surface area (Å²) in [7, 11) is 1.61. The Bertz CT molecular complexity index is 513. The topological polar surface area (TPSA) is 73.9 Å². The van der Waals surface area contributed by atoms with E-state index >= 15 is 0 Å². The highest BCUT2D eigenvalue weighted by Crippen LogP contribution is 2.24. The van der Waals surface area contributed by atoms with Gasteiger partial charge < -0.3 is 10.5 Å². The molecule has 0 radical (unpaired) electrons. The van der Waals surface area contributed by atoms with Crippen LogP contribution >= 0.6 is 0 Å². The van der Waals surface area contributed by atoms with Gasteiger partial charge in [0.25, 0.3) is 0 Å². The van der Waals surface area contributed by atoms with Gasteiger partial charge in [0.2, 0.25) is 0 Å². The first-order valence-electron chi connectivity index (χ1n) is 4.82. The van der Waals surface area contributed by atoms with E-state index in [0.717, 1.165) is 11.3 Å². The van der Waals surface area contributed by atoms with Crippen molar-refractivity contribution >= 4 is 5.82 Å². The van der Waals surface area contributed by atoms with Crippen LogP contribution in [0.4, 0.5) is 5.82 Å². The molecule has 0 saturated carbocycles. The van der Waals surface area contributed by atoms with Crippen molar-refractivity contribution < 1.29 is 4.74 Å². The first-order valence-corrected chi connectivity index (χ1v) is 4.82. The molecule has 0 amide bonds. The lowest BCUT2D eigenvalue weighted by atomic mass is 10.1. The van der Waals surface area contributed by atoms with Crippen LogP contribution in [-0.4, -0.2) is 22.3 Å². The Morgan fingerprint density at radius 2 is 2.06 bits per heavy atom. The smallest absolute Gasteiger partial charge is 0.154 e. The number of hydrogen-bond acceptors (Lipinski definition) is 5. The molecular formula is C11H12N4O. The highest BCUT2D eigenvalue weighted by Gasteiger charge is 2.07. The minimum Gasteiger partial charge on any atom is -0.497 e. The number of ether oxygens (including phenoxy) is 1.